The van der Waals surface area contributed by atoms with E-state index < -0.39 is 18.3 Å². The lowest BCUT2D eigenvalue weighted by Crippen LogP contribution is -2.47. The van der Waals surface area contributed by atoms with E-state index in [4.69, 9.17) is 34.4 Å². The summed E-state index contributed by atoms with van der Waals surface area (Å²) in [6.45, 7) is 9.27. The summed E-state index contributed by atoms with van der Waals surface area (Å²) >= 11 is 0. The van der Waals surface area contributed by atoms with Gasteiger partial charge in [0.1, 0.15) is 35.6 Å². The van der Waals surface area contributed by atoms with Gasteiger partial charge in [-0.3, -0.25) is 4.99 Å². The van der Waals surface area contributed by atoms with Crippen LogP contribution in [0.15, 0.2) is 53.5 Å². The zero-order valence-electron chi connectivity index (χ0n) is 44.3. The van der Waals surface area contributed by atoms with Crippen LogP contribution in [-0.2, 0) is 24.0 Å². The zero-order chi connectivity index (χ0) is 51.3. The molecular weight excluding hydrogens is 931 g/mol. The van der Waals surface area contributed by atoms with E-state index >= 15 is 0 Å². The third kappa shape index (κ3) is 9.55. The second-order valence-corrected chi connectivity index (χ2v) is 24.2. The minimum absolute atomic E-state index is 0.0111. The van der Waals surface area contributed by atoms with Gasteiger partial charge in [0.25, 0.3) is 0 Å². The summed E-state index contributed by atoms with van der Waals surface area (Å²) in [6, 6.07) is 12.0. The molecule has 12 heteroatoms. The van der Waals surface area contributed by atoms with Crippen molar-refractivity contribution in [2.45, 2.75) is 154 Å². The molecule has 2 spiro atoms. The smallest absolute Gasteiger partial charge is 0.188 e. The molecule has 3 aromatic rings. The summed E-state index contributed by atoms with van der Waals surface area (Å²) < 4.78 is 32.7. The van der Waals surface area contributed by atoms with Crippen molar-refractivity contribution in [3.05, 3.63) is 76.4 Å². The number of aliphatic hydroxyl groups is 3. The van der Waals surface area contributed by atoms with Gasteiger partial charge in [-0.1, -0.05) is 57.8 Å². The Bertz CT molecular complexity index is 2670. The van der Waals surface area contributed by atoms with Crippen LogP contribution in [0, 0.1) is 64.3 Å². The number of allylic oxidation sites excluding steroid dienone is 2. The van der Waals surface area contributed by atoms with Gasteiger partial charge in [-0.2, -0.15) is 0 Å². The highest BCUT2D eigenvalue weighted by atomic mass is 16.5. The first-order valence-electron chi connectivity index (χ1n) is 28.4. The van der Waals surface area contributed by atoms with Crippen molar-refractivity contribution in [1.29, 1.82) is 0 Å². The first kappa shape index (κ1) is 51.2. The van der Waals surface area contributed by atoms with Crippen LogP contribution in [-0.4, -0.2) is 84.7 Å². The number of aliphatic imine (C=N–C) groups is 1. The molecule has 12 nitrogen and oxygen atoms in total. The molecule has 0 aromatic heterocycles. The number of aromatic hydroxyl groups is 1. The second kappa shape index (κ2) is 21.2. The van der Waals surface area contributed by atoms with Crippen molar-refractivity contribution < 1.29 is 44.1 Å². The average molecular weight is 1010 g/mol. The van der Waals surface area contributed by atoms with Crippen molar-refractivity contribution in [2.75, 3.05) is 40.0 Å². The van der Waals surface area contributed by atoms with E-state index in [1.165, 1.54) is 0 Å². The number of aliphatic hydroxyl groups excluding tert-OH is 3. The lowest BCUT2D eigenvalue weighted by molar-refractivity contribution is -0.0671. The minimum atomic E-state index is -0.890. The number of ether oxygens (including phenoxy) is 5. The first-order chi connectivity index (χ1) is 35.9. The molecule has 2 saturated carbocycles. The quantitative estimate of drug-likeness (QED) is 0.106. The van der Waals surface area contributed by atoms with E-state index in [9.17, 15) is 20.4 Å². The molecule has 12 unspecified atom stereocenters. The summed E-state index contributed by atoms with van der Waals surface area (Å²) in [5, 5.41) is 50.9. The molecule has 74 heavy (non-hydrogen) atoms. The van der Waals surface area contributed by atoms with Crippen LogP contribution in [0.2, 0.25) is 0 Å². The molecule has 3 fully saturated rings. The van der Waals surface area contributed by atoms with Crippen LogP contribution in [0.4, 0.5) is 0 Å². The lowest BCUT2D eigenvalue weighted by atomic mass is 9.58. The number of phenols is 1. The number of hydrogen-bond acceptors (Lipinski definition) is 12. The number of nitrogens with two attached hydrogens (primary N) is 1. The summed E-state index contributed by atoms with van der Waals surface area (Å²) in [5.74, 6) is 7.64. The van der Waals surface area contributed by atoms with Gasteiger partial charge in [0, 0.05) is 74.8 Å². The normalized spacial score (nSPS) is 33.2. The third-order valence-corrected chi connectivity index (χ3v) is 19.7. The summed E-state index contributed by atoms with van der Waals surface area (Å²) in [5.41, 5.74) is 13.7. The number of nitrogens with zero attached hydrogens (tertiary/aromatic N) is 1. The lowest BCUT2D eigenvalue weighted by Gasteiger charge is -2.49. The molecule has 7 heterocycles. The maximum absolute atomic E-state index is 12.5. The van der Waals surface area contributed by atoms with Crippen LogP contribution in [0.25, 0.3) is 11.1 Å². The summed E-state index contributed by atoms with van der Waals surface area (Å²) in [4.78, 5) is 5.16. The van der Waals surface area contributed by atoms with Crippen LogP contribution in [0.5, 0.6) is 28.7 Å². The summed E-state index contributed by atoms with van der Waals surface area (Å²) in [6.07, 6.45) is 18.7. The topological polar surface area (TPSA) is 177 Å². The average Bonchev–Trinajstić information content (AvgIpc) is 3.76. The predicted molar refractivity (Wildman–Crippen MR) is 286 cm³/mol. The monoisotopic (exact) mass is 1010 g/mol. The van der Waals surface area contributed by atoms with Gasteiger partial charge in [-0.25, -0.2) is 0 Å². The predicted octanol–water partition coefficient (Wildman–Crippen LogP) is 9.70. The molecule has 0 amide bonds. The fourth-order valence-electron chi connectivity index (χ4n) is 15.9. The largest absolute Gasteiger partial charge is 0.508 e. The van der Waals surface area contributed by atoms with Crippen molar-refractivity contribution in [3.8, 4) is 51.9 Å². The standard InChI is InChI=1S/C62H81N3O9/c1-5-37-25-40-11-10-39(37)26-45(67)33-62(17-7-16-61(62)18-22-71-23-19-61)35-65-60(63)64-20-15-46-42(34-66)12-9-38-8-6-21-72-52-14-13-41(30-54(52)74-58(38)46)59-51(69)31-49-53(73-59)32-55(70-4)57-48-28-44(24-36(2)3)50(68)29-43(48)27-47(40)56(49)57/h10-11,13-14,28-30,32,36-40,42,45-47,51,58-59,66-69H,5,7-9,12,15-20,22-27,31,33-35H2,1-4H3,(H3,63,64,65). The Hall–Kier alpha value is -4.93. The van der Waals surface area contributed by atoms with Crippen molar-refractivity contribution in [2.24, 2.45) is 63.0 Å². The number of fused-ring (bicyclic) bond motifs is 2. The van der Waals surface area contributed by atoms with E-state index in [1.807, 2.05) is 30.3 Å². The fraction of sp³-hybridized carbons (Fsp3) is 0.629. The number of methoxy groups -OCH3 is 1. The molecule has 7 aliphatic heterocycles. The number of guanidine groups is 1. The van der Waals surface area contributed by atoms with Crippen LogP contribution < -0.4 is 30.0 Å². The van der Waals surface area contributed by atoms with Crippen molar-refractivity contribution in [1.82, 2.24) is 5.32 Å². The van der Waals surface area contributed by atoms with Gasteiger partial charge in [0.15, 0.2) is 17.5 Å². The SMILES string of the molecule is CCC1CC2C=CC1CC(O)CC1(CCCC13CCOCC3)CN=C(N)NCCC1C(CO)CCC3CC#COc4ccc(cc4OC31)C1Oc3cc(OC)c4c(c3CC1O)C2Cc1cc(O)c(CC(C)C)cc1-4. The molecule has 7 N–H and O–H groups in total. The molecule has 398 valence electrons. The minimum Gasteiger partial charge on any atom is -0.508 e. The Balaban J connectivity index is 1.03. The van der Waals surface area contributed by atoms with Crippen molar-refractivity contribution >= 4 is 5.96 Å². The van der Waals surface area contributed by atoms with E-state index in [0.717, 1.165) is 116 Å². The van der Waals surface area contributed by atoms with E-state index in [2.05, 4.69) is 56.3 Å². The molecular formula is C62H81N3O9. The van der Waals surface area contributed by atoms with Crippen molar-refractivity contribution in [3.63, 3.8) is 0 Å². The first-order valence-corrected chi connectivity index (χ1v) is 28.4. The number of nitrogens with one attached hydrogen (secondary N) is 1. The third-order valence-electron chi connectivity index (χ3n) is 19.7. The molecule has 1 saturated heterocycles. The van der Waals surface area contributed by atoms with Gasteiger partial charge in [-0.15, -0.1) is 0 Å². The molecule has 12 atom stereocenters. The highest BCUT2D eigenvalue weighted by Crippen LogP contribution is 2.62. The van der Waals surface area contributed by atoms with E-state index in [-0.39, 0.29) is 59.0 Å². The van der Waals surface area contributed by atoms with Crippen LogP contribution in [0.3, 0.4) is 0 Å². The number of hydrogen-bond donors (Lipinski definition) is 6. The Labute approximate surface area is 438 Å². The molecule has 14 rings (SSSR count). The Kier molecular flexibility index (Phi) is 14.7. The molecule has 11 aliphatic rings. The molecule has 4 aliphatic carbocycles. The number of phenolic OH excluding ortho intramolecular Hbond substituents is 1. The maximum Gasteiger partial charge on any atom is 0.188 e. The van der Waals surface area contributed by atoms with Crippen LogP contribution in [0.1, 0.15) is 144 Å². The second-order valence-electron chi connectivity index (χ2n) is 24.2. The number of benzene rings is 3. The maximum atomic E-state index is 12.5. The van der Waals surface area contributed by atoms with E-state index in [1.54, 1.807) is 7.11 Å². The molecule has 3 aromatic carbocycles. The van der Waals surface area contributed by atoms with Gasteiger partial charge in [0.05, 0.1) is 19.3 Å². The van der Waals surface area contributed by atoms with Gasteiger partial charge < -0.3 is 55.2 Å². The number of rotatable bonds is 5. The van der Waals surface area contributed by atoms with Gasteiger partial charge in [-0.05, 0) is 175 Å². The summed E-state index contributed by atoms with van der Waals surface area (Å²) in [7, 11) is 1.73. The van der Waals surface area contributed by atoms with E-state index in [0.29, 0.717) is 98.2 Å². The Morgan fingerprint density at radius 3 is 2.54 bits per heavy atom. The Morgan fingerprint density at radius 1 is 0.919 bits per heavy atom. The highest BCUT2D eigenvalue weighted by Gasteiger charge is 2.55. The fourth-order valence-corrected chi connectivity index (χ4v) is 15.9. The van der Waals surface area contributed by atoms with Gasteiger partial charge >= 0.3 is 0 Å². The zero-order valence-corrected chi connectivity index (χ0v) is 44.3. The molecule has 0 radical (unpaired) electrons. The highest BCUT2D eigenvalue weighted by molar-refractivity contribution is 5.84. The Morgan fingerprint density at radius 2 is 1.74 bits per heavy atom. The molecule has 9 bridgehead atoms. The van der Waals surface area contributed by atoms with Gasteiger partial charge in [0.2, 0.25) is 0 Å². The van der Waals surface area contributed by atoms with Crippen LogP contribution >= 0.6 is 0 Å².